The molecule has 4 aromatic rings. The largest absolute Gasteiger partial charge is 0.481 e. The summed E-state index contributed by atoms with van der Waals surface area (Å²) in [6.45, 7) is 3.68. The van der Waals surface area contributed by atoms with Crippen molar-refractivity contribution in [1.29, 1.82) is 0 Å². The number of rotatable bonds is 4. The fraction of sp³-hybridized carbons (Fsp3) is 0.154. The molecular formula is C26H20FNO5. The van der Waals surface area contributed by atoms with Gasteiger partial charge in [0, 0.05) is 22.4 Å². The molecule has 7 heteroatoms. The first-order valence-corrected chi connectivity index (χ1v) is 10.5. The van der Waals surface area contributed by atoms with E-state index in [-0.39, 0.29) is 29.1 Å². The third-order valence-corrected chi connectivity index (χ3v) is 5.84. The number of ether oxygens (including phenoxy) is 1. The van der Waals surface area contributed by atoms with E-state index in [1.807, 2.05) is 19.9 Å². The molecule has 0 spiro atoms. The maximum absolute atomic E-state index is 14.3. The lowest BCUT2D eigenvalue weighted by atomic mass is 9.98. The highest BCUT2D eigenvalue weighted by molar-refractivity contribution is 5.94. The highest BCUT2D eigenvalue weighted by Crippen LogP contribution is 2.40. The summed E-state index contributed by atoms with van der Waals surface area (Å²) in [5.74, 6) is -1.22. The predicted octanol–water partition coefficient (Wildman–Crippen LogP) is 5.67. The summed E-state index contributed by atoms with van der Waals surface area (Å²) in [5, 5.41) is 13.1. The van der Waals surface area contributed by atoms with Crippen molar-refractivity contribution in [3.63, 3.8) is 0 Å². The second-order valence-electron chi connectivity index (χ2n) is 8.09. The van der Waals surface area contributed by atoms with Crippen LogP contribution in [0.2, 0.25) is 0 Å². The molecule has 0 amide bonds. The maximum atomic E-state index is 14.3. The fourth-order valence-electron chi connectivity index (χ4n) is 4.26. The number of para-hydroxylation sites is 1. The Bertz CT molecular complexity index is 1490. The van der Waals surface area contributed by atoms with E-state index in [1.54, 1.807) is 36.4 Å². The topological polar surface area (TPSA) is 88.8 Å². The number of benzene rings is 3. The van der Waals surface area contributed by atoms with Crippen LogP contribution in [0, 0.1) is 12.7 Å². The molecule has 2 heterocycles. The quantitative estimate of drug-likeness (QED) is 0.421. The van der Waals surface area contributed by atoms with E-state index in [0.717, 1.165) is 5.56 Å². The van der Waals surface area contributed by atoms with E-state index in [4.69, 9.17) is 9.15 Å². The number of carbonyl (C=O) groups is 1. The van der Waals surface area contributed by atoms with Gasteiger partial charge in [0.05, 0.1) is 17.0 Å². The molecule has 3 aromatic carbocycles. The normalized spacial score (nSPS) is 13.1. The van der Waals surface area contributed by atoms with Crippen LogP contribution in [0.5, 0.6) is 5.75 Å². The summed E-state index contributed by atoms with van der Waals surface area (Å²) in [7, 11) is 0. The van der Waals surface area contributed by atoms with Gasteiger partial charge in [-0.05, 0) is 43.7 Å². The van der Waals surface area contributed by atoms with Crippen molar-refractivity contribution in [2.24, 2.45) is 0 Å². The maximum Gasteiger partial charge on any atom is 0.337 e. The third-order valence-electron chi connectivity index (χ3n) is 5.84. The minimum absolute atomic E-state index is 0.0477. The van der Waals surface area contributed by atoms with Crippen LogP contribution in [0.4, 0.5) is 10.1 Å². The van der Waals surface area contributed by atoms with Crippen LogP contribution < -0.4 is 15.5 Å². The average Bonchev–Trinajstić information content (AvgIpc) is 2.79. The van der Waals surface area contributed by atoms with Gasteiger partial charge in [-0.3, -0.25) is 4.79 Å². The first kappa shape index (κ1) is 20.8. The zero-order valence-electron chi connectivity index (χ0n) is 17.9. The van der Waals surface area contributed by atoms with Gasteiger partial charge in [0.15, 0.2) is 5.76 Å². The second kappa shape index (κ2) is 7.78. The summed E-state index contributed by atoms with van der Waals surface area (Å²) in [6, 6.07) is 14.4. The van der Waals surface area contributed by atoms with Crippen molar-refractivity contribution in [3.8, 4) is 17.1 Å². The summed E-state index contributed by atoms with van der Waals surface area (Å²) in [4.78, 5) is 24.9. The number of carboxylic acid groups (broad SMARTS) is 1. The minimum Gasteiger partial charge on any atom is -0.481 e. The summed E-state index contributed by atoms with van der Waals surface area (Å²) < 4.78 is 26.2. The Labute approximate surface area is 188 Å². The average molecular weight is 445 g/mol. The van der Waals surface area contributed by atoms with Crippen molar-refractivity contribution in [3.05, 3.63) is 92.9 Å². The van der Waals surface area contributed by atoms with E-state index < -0.39 is 17.8 Å². The van der Waals surface area contributed by atoms with Crippen molar-refractivity contribution in [2.75, 3.05) is 5.32 Å². The van der Waals surface area contributed by atoms with Crippen molar-refractivity contribution in [2.45, 2.75) is 26.5 Å². The molecule has 1 aliphatic heterocycles. The molecule has 2 N–H and O–H groups in total. The number of aromatic carboxylic acids is 1. The smallest absolute Gasteiger partial charge is 0.337 e. The van der Waals surface area contributed by atoms with Crippen molar-refractivity contribution < 1.29 is 23.4 Å². The number of anilines is 1. The van der Waals surface area contributed by atoms with Crippen LogP contribution in [-0.4, -0.2) is 11.1 Å². The van der Waals surface area contributed by atoms with Crippen LogP contribution in [0.25, 0.3) is 22.3 Å². The SMILES string of the molecule is Cc1cc(C(C)Nc2ccccc2C(=O)O)c2oc3c(c(=O)c2c1)OCc1c(F)cccc1-3. The minimum atomic E-state index is -1.05. The molecule has 1 aromatic heterocycles. The van der Waals surface area contributed by atoms with E-state index >= 15 is 0 Å². The number of nitrogens with one attached hydrogen (secondary N) is 1. The molecule has 0 radical (unpaired) electrons. The van der Waals surface area contributed by atoms with Crippen LogP contribution in [-0.2, 0) is 6.61 Å². The summed E-state index contributed by atoms with van der Waals surface area (Å²) in [5.41, 5.74) is 2.94. The van der Waals surface area contributed by atoms with E-state index in [9.17, 15) is 19.1 Å². The van der Waals surface area contributed by atoms with Gasteiger partial charge in [0.1, 0.15) is 18.0 Å². The molecule has 0 saturated heterocycles. The van der Waals surface area contributed by atoms with E-state index in [2.05, 4.69) is 5.32 Å². The van der Waals surface area contributed by atoms with Crippen LogP contribution in [0.1, 0.15) is 40.0 Å². The first-order chi connectivity index (χ1) is 15.8. The zero-order valence-corrected chi connectivity index (χ0v) is 17.9. The monoisotopic (exact) mass is 445 g/mol. The number of aryl methyl sites for hydroxylation is 1. The lowest BCUT2D eigenvalue weighted by molar-refractivity contribution is 0.0698. The van der Waals surface area contributed by atoms with Gasteiger partial charge in [-0.2, -0.15) is 0 Å². The van der Waals surface area contributed by atoms with Crippen LogP contribution in [0.15, 0.2) is 63.8 Å². The number of halogens is 1. The molecule has 33 heavy (non-hydrogen) atoms. The Hall–Kier alpha value is -4.13. The van der Waals surface area contributed by atoms with E-state index in [1.165, 1.54) is 12.1 Å². The lowest BCUT2D eigenvalue weighted by Crippen LogP contribution is -2.17. The van der Waals surface area contributed by atoms with Gasteiger partial charge in [-0.15, -0.1) is 0 Å². The van der Waals surface area contributed by atoms with Crippen molar-refractivity contribution >= 4 is 22.6 Å². The number of fused-ring (bicyclic) bond motifs is 4. The molecule has 1 unspecified atom stereocenters. The number of hydrogen-bond donors (Lipinski definition) is 2. The third kappa shape index (κ3) is 3.42. The Morgan fingerprint density at radius 2 is 1.94 bits per heavy atom. The number of carboxylic acids is 1. The van der Waals surface area contributed by atoms with Gasteiger partial charge in [0.25, 0.3) is 0 Å². The van der Waals surface area contributed by atoms with Gasteiger partial charge in [-0.25, -0.2) is 9.18 Å². The Morgan fingerprint density at radius 3 is 2.73 bits per heavy atom. The highest BCUT2D eigenvalue weighted by atomic mass is 19.1. The van der Waals surface area contributed by atoms with Gasteiger partial charge >= 0.3 is 5.97 Å². The molecule has 6 nitrogen and oxygen atoms in total. The van der Waals surface area contributed by atoms with Crippen molar-refractivity contribution in [1.82, 2.24) is 0 Å². The van der Waals surface area contributed by atoms with Gasteiger partial charge in [0.2, 0.25) is 11.2 Å². The molecule has 0 fully saturated rings. The molecule has 0 aliphatic carbocycles. The molecule has 1 aliphatic rings. The molecule has 166 valence electrons. The van der Waals surface area contributed by atoms with Crippen LogP contribution in [0.3, 0.4) is 0 Å². The molecule has 1 atom stereocenters. The molecule has 0 saturated carbocycles. The summed E-state index contributed by atoms with van der Waals surface area (Å²) >= 11 is 0. The molecule has 5 rings (SSSR count). The Morgan fingerprint density at radius 1 is 1.15 bits per heavy atom. The van der Waals surface area contributed by atoms with Gasteiger partial charge in [-0.1, -0.05) is 30.3 Å². The predicted molar refractivity (Wildman–Crippen MR) is 122 cm³/mol. The lowest BCUT2D eigenvalue weighted by Gasteiger charge is -2.22. The van der Waals surface area contributed by atoms with Gasteiger partial charge < -0.3 is 19.6 Å². The van der Waals surface area contributed by atoms with E-state index in [0.29, 0.717) is 33.3 Å². The molecular weight excluding hydrogens is 425 g/mol. The fourth-order valence-corrected chi connectivity index (χ4v) is 4.26. The Balaban J connectivity index is 1.70. The highest BCUT2D eigenvalue weighted by Gasteiger charge is 2.28. The second-order valence-corrected chi connectivity index (χ2v) is 8.09. The first-order valence-electron chi connectivity index (χ1n) is 10.5. The summed E-state index contributed by atoms with van der Waals surface area (Å²) in [6.07, 6.45) is 0. The Kier molecular flexibility index (Phi) is 4.89. The molecule has 0 bridgehead atoms. The van der Waals surface area contributed by atoms with Crippen LogP contribution >= 0.6 is 0 Å². The standard InChI is InChI=1S/C26H20FNO5/c1-13-10-17(14(2)28-21-9-4-3-6-16(21)26(30)31)23-18(11-13)22(29)25-24(33-23)15-7-5-8-20(27)19(15)12-32-25/h3-11,14,28H,12H2,1-2H3,(H,30,31). The zero-order chi connectivity index (χ0) is 23.3. The number of hydrogen-bond acceptors (Lipinski definition) is 5.